The third-order valence-corrected chi connectivity index (χ3v) is 10.8. The van der Waals surface area contributed by atoms with Crippen molar-refractivity contribution in [3.05, 3.63) is 53.6 Å². The molecule has 2 aromatic rings. The smallest absolute Gasteiger partial charge is 0.248 e. The Balaban J connectivity index is 1.46. The number of thioether (sulfide) groups is 1. The monoisotopic (exact) mass is 565 g/mol. The zero-order valence-electron chi connectivity index (χ0n) is 23.6. The van der Waals surface area contributed by atoms with Gasteiger partial charge in [0.1, 0.15) is 11.8 Å². The van der Waals surface area contributed by atoms with Gasteiger partial charge in [0.15, 0.2) is 0 Å². The van der Waals surface area contributed by atoms with Crippen molar-refractivity contribution < 1.29 is 24.2 Å². The first kappa shape index (κ1) is 28.5. The molecule has 3 saturated heterocycles. The maximum Gasteiger partial charge on any atom is 0.248 e. The van der Waals surface area contributed by atoms with Gasteiger partial charge >= 0.3 is 0 Å². The number of rotatable bonds is 10. The number of nitrogens with zero attached hydrogens (tertiary/aromatic N) is 1. The summed E-state index contributed by atoms with van der Waals surface area (Å²) in [6.45, 7) is 8.91. The van der Waals surface area contributed by atoms with Crippen LogP contribution in [0.5, 0.6) is 5.75 Å². The summed E-state index contributed by atoms with van der Waals surface area (Å²) >= 11 is 1.66. The summed E-state index contributed by atoms with van der Waals surface area (Å²) < 4.78 is 4.82. The molecule has 2 aromatic carbocycles. The van der Waals surface area contributed by atoms with Gasteiger partial charge in [0.2, 0.25) is 17.7 Å². The van der Waals surface area contributed by atoms with Gasteiger partial charge in [-0.1, -0.05) is 25.1 Å². The van der Waals surface area contributed by atoms with E-state index >= 15 is 0 Å². The Morgan fingerprint density at radius 1 is 1.07 bits per heavy atom. The number of hydrogen-bond acceptors (Lipinski definition) is 6. The highest BCUT2D eigenvalue weighted by atomic mass is 32.2. The SMILES string of the molecule is CCOc1ccc(NC(=O)[C@@H]2[C@H]3C(=O)N(CCCCO)C(C(=O)Nc4c(C)cccc4C)C34S[C@@H]2CC4C)cc1. The van der Waals surface area contributed by atoms with E-state index in [9.17, 15) is 19.5 Å². The Hall–Kier alpha value is -3.04. The molecule has 0 aromatic heterocycles. The topological polar surface area (TPSA) is 108 Å². The van der Waals surface area contributed by atoms with Crippen molar-refractivity contribution in [3.8, 4) is 5.75 Å². The van der Waals surface area contributed by atoms with Gasteiger partial charge in [-0.05, 0) is 81.3 Å². The Morgan fingerprint density at radius 3 is 2.42 bits per heavy atom. The average Bonchev–Trinajstić information content (AvgIpc) is 3.51. The van der Waals surface area contributed by atoms with Crippen LogP contribution in [0, 0.1) is 31.6 Å². The predicted octanol–water partition coefficient (Wildman–Crippen LogP) is 4.39. The minimum absolute atomic E-state index is 0.0240. The van der Waals surface area contributed by atoms with E-state index in [2.05, 4.69) is 17.6 Å². The largest absolute Gasteiger partial charge is 0.494 e. The number of ether oxygens (including phenoxy) is 1. The van der Waals surface area contributed by atoms with Gasteiger partial charge in [-0.3, -0.25) is 14.4 Å². The van der Waals surface area contributed by atoms with Crippen LogP contribution in [0.2, 0.25) is 0 Å². The highest BCUT2D eigenvalue weighted by Gasteiger charge is 2.75. The highest BCUT2D eigenvalue weighted by Crippen LogP contribution is 2.68. The normalized spacial score (nSPS) is 28.5. The van der Waals surface area contributed by atoms with Crippen LogP contribution in [-0.4, -0.2) is 63.5 Å². The van der Waals surface area contributed by atoms with Crippen LogP contribution in [0.3, 0.4) is 0 Å². The van der Waals surface area contributed by atoms with Crippen molar-refractivity contribution in [2.75, 3.05) is 30.4 Å². The summed E-state index contributed by atoms with van der Waals surface area (Å²) in [7, 11) is 0. The lowest BCUT2D eigenvalue weighted by molar-refractivity contribution is -0.138. The number of benzene rings is 2. The molecule has 0 aliphatic carbocycles. The molecule has 3 amide bonds. The standard InChI is InChI=1S/C31H39N3O5S/c1-5-39-22-13-11-21(12-14-22)32-28(36)24-23-17-20(4)31(40-23)25(24)30(38)34(15-6-7-16-35)27(31)29(37)33-26-18(2)9-8-10-19(26)3/h8-14,20,23-25,27,35H,5-7,15-17H2,1-4H3,(H,32,36)(H,33,37)/t20?,23-,24+,25+,27?,31?/m1/s1. The lowest BCUT2D eigenvalue weighted by Gasteiger charge is -2.38. The van der Waals surface area contributed by atoms with E-state index in [1.807, 2.05) is 51.1 Å². The summed E-state index contributed by atoms with van der Waals surface area (Å²) in [6.07, 6.45) is 1.90. The second-order valence-corrected chi connectivity index (χ2v) is 12.8. The second kappa shape index (κ2) is 11.4. The van der Waals surface area contributed by atoms with Crippen LogP contribution < -0.4 is 15.4 Å². The Bertz CT molecular complexity index is 1260. The number of anilines is 2. The van der Waals surface area contributed by atoms with Gasteiger partial charge in [-0.15, -0.1) is 11.8 Å². The van der Waals surface area contributed by atoms with Crippen LogP contribution in [0.15, 0.2) is 42.5 Å². The Morgan fingerprint density at radius 2 is 1.77 bits per heavy atom. The van der Waals surface area contributed by atoms with E-state index < -0.39 is 22.6 Å². The fraction of sp³-hybridized carbons (Fsp3) is 0.516. The number of likely N-dealkylation sites (tertiary alicyclic amines) is 1. The van der Waals surface area contributed by atoms with Gasteiger partial charge in [0, 0.05) is 29.8 Å². The van der Waals surface area contributed by atoms with E-state index in [1.54, 1.807) is 28.8 Å². The van der Waals surface area contributed by atoms with Crippen LogP contribution in [0.4, 0.5) is 11.4 Å². The molecule has 3 aliphatic rings. The number of unbranched alkanes of at least 4 members (excludes halogenated alkanes) is 1. The first-order valence-corrected chi connectivity index (χ1v) is 15.1. The van der Waals surface area contributed by atoms with Gasteiger partial charge in [0.05, 0.1) is 23.2 Å². The molecule has 3 N–H and O–H groups in total. The van der Waals surface area contributed by atoms with Crippen LogP contribution >= 0.6 is 11.8 Å². The predicted molar refractivity (Wildman–Crippen MR) is 157 cm³/mol. The molecule has 3 heterocycles. The van der Waals surface area contributed by atoms with E-state index in [0.29, 0.717) is 31.7 Å². The summed E-state index contributed by atoms with van der Waals surface area (Å²) in [4.78, 5) is 43.8. The fourth-order valence-corrected chi connectivity index (χ4v) is 9.41. The lowest BCUT2D eigenvalue weighted by atomic mass is 9.66. The Kier molecular flexibility index (Phi) is 8.15. The van der Waals surface area contributed by atoms with Crippen molar-refractivity contribution in [1.82, 2.24) is 4.90 Å². The van der Waals surface area contributed by atoms with Crippen LogP contribution in [0.25, 0.3) is 0 Å². The molecular weight excluding hydrogens is 526 g/mol. The summed E-state index contributed by atoms with van der Waals surface area (Å²) in [6, 6.07) is 12.4. The van der Waals surface area contributed by atoms with Crippen LogP contribution in [-0.2, 0) is 14.4 Å². The number of carbonyl (C=O) groups excluding carboxylic acids is 3. The zero-order chi connectivity index (χ0) is 28.6. The third kappa shape index (κ3) is 4.77. The molecule has 1 spiro atoms. The van der Waals surface area contributed by atoms with E-state index in [0.717, 1.165) is 29.0 Å². The quantitative estimate of drug-likeness (QED) is 0.369. The Labute approximate surface area is 240 Å². The first-order valence-electron chi connectivity index (χ1n) is 14.2. The van der Waals surface area contributed by atoms with Crippen molar-refractivity contribution >= 4 is 40.9 Å². The second-order valence-electron chi connectivity index (χ2n) is 11.2. The molecule has 0 saturated carbocycles. The molecule has 8 nitrogen and oxygen atoms in total. The number of aryl methyl sites for hydroxylation is 2. The van der Waals surface area contributed by atoms with Crippen molar-refractivity contribution in [1.29, 1.82) is 0 Å². The fourth-order valence-electron chi connectivity index (χ4n) is 6.98. The zero-order valence-corrected chi connectivity index (χ0v) is 24.4. The molecule has 3 fully saturated rings. The number of amides is 3. The van der Waals surface area contributed by atoms with Crippen molar-refractivity contribution in [2.24, 2.45) is 17.8 Å². The van der Waals surface area contributed by atoms with Crippen LogP contribution in [0.1, 0.15) is 44.2 Å². The molecule has 6 atom stereocenters. The van der Waals surface area contributed by atoms with Gasteiger partial charge in [0.25, 0.3) is 0 Å². The molecule has 40 heavy (non-hydrogen) atoms. The molecule has 3 aliphatic heterocycles. The minimum Gasteiger partial charge on any atom is -0.494 e. The van der Waals surface area contributed by atoms with Gasteiger partial charge in [-0.2, -0.15) is 0 Å². The molecule has 2 bridgehead atoms. The molecule has 214 valence electrons. The van der Waals surface area contributed by atoms with E-state index in [1.165, 1.54) is 0 Å². The van der Waals surface area contributed by atoms with Crippen molar-refractivity contribution in [2.45, 2.75) is 63.0 Å². The molecule has 3 unspecified atom stereocenters. The molecule has 9 heteroatoms. The maximum atomic E-state index is 14.2. The minimum atomic E-state index is -0.698. The van der Waals surface area contributed by atoms with Gasteiger partial charge in [-0.25, -0.2) is 0 Å². The summed E-state index contributed by atoms with van der Waals surface area (Å²) in [5.74, 6) is -0.818. The third-order valence-electron chi connectivity index (χ3n) is 8.77. The van der Waals surface area contributed by atoms with E-state index in [-0.39, 0.29) is 35.5 Å². The number of fused-ring (bicyclic) bond motifs is 1. The molecule has 5 rings (SSSR count). The molecule has 0 radical (unpaired) electrons. The number of aliphatic hydroxyl groups is 1. The van der Waals surface area contributed by atoms with Crippen molar-refractivity contribution in [3.63, 3.8) is 0 Å². The molecular formula is C31H39N3O5S. The first-order chi connectivity index (χ1) is 19.2. The summed E-state index contributed by atoms with van der Waals surface area (Å²) in [5, 5.41) is 15.6. The maximum absolute atomic E-state index is 14.2. The number of nitrogens with one attached hydrogen (secondary N) is 2. The summed E-state index contributed by atoms with van der Waals surface area (Å²) in [5.41, 5.74) is 3.34. The number of carbonyl (C=O) groups is 3. The number of hydrogen-bond donors (Lipinski definition) is 3. The van der Waals surface area contributed by atoms with Gasteiger partial charge < -0.3 is 25.4 Å². The number of aliphatic hydroxyl groups excluding tert-OH is 1. The number of para-hydroxylation sites is 1. The lowest BCUT2D eigenvalue weighted by Crippen LogP contribution is -2.55. The van der Waals surface area contributed by atoms with E-state index in [4.69, 9.17) is 4.74 Å². The average molecular weight is 566 g/mol. The highest BCUT2D eigenvalue weighted by molar-refractivity contribution is 8.02.